The second-order valence-electron chi connectivity index (χ2n) is 7.07. The second kappa shape index (κ2) is 9.41. The molecule has 31 heavy (non-hydrogen) atoms. The maximum atomic E-state index is 13.4. The Hall–Kier alpha value is -3.03. The van der Waals surface area contributed by atoms with E-state index in [2.05, 4.69) is 26.0 Å². The molecule has 1 heterocycles. The maximum Gasteiger partial charge on any atom is 0.280 e. The SMILES string of the molecule is CC(C)Oc1ccc(C(=O)N(/N=C/c2ccccc2)c2nc3ccc(Br)cc3s2)cc1. The number of halogens is 1. The summed E-state index contributed by atoms with van der Waals surface area (Å²) in [5.74, 6) is 0.456. The summed E-state index contributed by atoms with van der Waals surface area (Å²) in [4.78, 5) is 18.0. The van der Waals surface area contributed by atoms with Gasteiger partial charge in [-0.05, 0) is 61.9 Å². The summed E-state index contributed by atoms with van der Waals surface area (Å²) >= 11 is 4.90. The molecular formula is C24H20BrN3O2S. The van der Waals surface area contributed by atoms with Gasteiger partial charge in [0.25, 0.3) is 5.91 Å². The fourth-order valence-corrected chi connectivity index (χ4v) is 4.37. The summed E-state index contributed by atoms with van der Waals surface area (Å²) in [6.07, 6.45) is 1.73. The Kier molecular flexibility index (Phi) is 6.44. The van der Waals surface area contributed by atoms with Crippen LogP contribution in [-0.4, -0.2) is 23.2 Å². The van der Waals surface area contributed by atoms with Crippen LogP contribution in [0.1, 0.15) is 29.8 Å². The van der Waals surface area contributed by atoms with E-state index in [1.807, 2.05) is 62.4 Å². The van der Waals surface area contributed by atoms with E-state index < -0.39 is 0 Å². The van der Waals surface area contributed by atoms with Gasteiger partial charge in [0.2, 0.25) is 5.13 Å². The van der Waals surface area contributed by atoms with E-state index in [0.717, 1.165) is 26.0 Å². The molecule has 0 saturated carbocycles. The normalized spacial score (nSPS) is 11.4. The molecule has 0 atom stereocenters. The van der Waals surface area contributed by atoms with Crippen molar-refractivity contribution < 1.29 is 9.53 Å². The van der Waals surface area contributed by atoms with E-state index in [1.54, 1.807) is 30.5 Å². The van der Waals surface area contributed by atoms with Gasteiger partial charge in [0, 0.05) is 10.0 Å². The van der Waals surface area contributed by atoms with E-state index in [1.165, 1.54) is 16.3 Å². The highest BCUT2D eigenvalue weighted by molar-refractivity contribution is 9.10. The summed E-state index contributed by atoms with van der Waals surface area (Å²) < 4.78 is 7.61. The number of anilines is 1. The molecule has 0 fully saturated rings. The average molecular weight is 494 g/mol. The number of amides is 1. The van der Waals surface area contributed by atoms with Crippen molar-refractivity contribution in [3.05, 3.63) is 88.4 Å². The first-order valence-corrected chi connectivity index (χ1v) is 11.4. The van der Waals surface area contributed by atoms with Crippen molar-refractivity contribution in [1.29, 1.82) is 0 Å². The molecule has 0 aliphatic heterocycles. The Morgan fingerprint density at radius 2 is 1.84 bits per heavy atom. The molecule has 0 saturated heterocycles. The van der Waals surface area contributed by atoms with Gasteiger partial charge in [-0.25, -0.2) is 4.98 Å². The largest absolute Gasteiger partial charge is 0.491 e. The van der Waals surface area contributed by atoms with Crippen LogP contribution in [0.4, 0.5) is 5.13 Å². The average Bonchev–Trinajstić information content (AvgIpc) is 3.17. The van der Waals surface area contributed by atoms with Crippen molar-refractivity contribution in [3.63, 3.8) is 0 Å². The fourth-order valence-electron chi connectivity index (χ4n) is 2.90. The quantitative estimate of drug-likeness (QED) is 0.226. The van der Waals surface area contributed by atoms with Crippen molar-refractivity contribution in [2.24, 2.45) is 5.10 Å². The van der Waals surface area contributed by atoms with Gasteiger partial charge in [0.05, 0.1) is 22.5 Å². The third-order valence-corrected chi connectivity index (χ3v) is 5.79. The fraction of sp³-hybridized carbons (Fsp3) is 0.125. The summed E-state index contributed by atoms with van der Waals surface area (Å²) in [7, 11) is 0. The van der Waals surface area contributed by atoms with Gasteiger partial charge < -0.3 is 4.74 Å². The maximum absolute atomic E-state index is 13.4. The van der Waals surface area contributed by atoms with Crippen molar-refractivity contribution in [1.82, 2.24) is 4.98 Å². The molecule has 1 aromatic heterocycles. The number of benzene rings is 3. The van der Waals surface area contributed by atoms with E-state index in [4.69, 9.17) is 4.74 Å². The molecule has 0 unspecified atom stereocenters. The molecule has 5 nitrogen and oxygen atoms in total. The Morgan fingerprint density at radius 3 is 2.55 bits per heavy atom. The lowest BCUT2D eigenvalue weighted by Crippen LogP contribution is -2.25. The number of carbonyl (C=O) groups excluding carboxylic acids is 1. The molecule has 0 aliphatic carbocycles. The Labute approximate surface area is 193 Å². The number of nitrogens with zero attached hydrogens (tertiary/aromatic N) is 3. The van der Waals surface area contributed by atoms with E-state index in [-0.39, 0.29) is 12.0 Å². The molecule has 1 amide bonds. The van der Waals surface area contributed by atoms with E-state index >= 15 is 0 Å². The van der Waals surface area contributed by atoms with E-state index in [9.17, 15) is 4.79 Å². The standard InChI is InChI=1S/C24H20BrN3O2S/c1-16(2)30-20-11-8-18(9-12-20)23(29)28(26-15-17-6-4-3-5-7-17)24-27-21-13-10-19(25)14-22(21)31-24/h3-16H,1-2H3/b26-15+. The van der Waals surface area contributed by atoms with Crippen molar-refractivity contribution in [2.45, 2.75) is 20.0 Å². The molecule has 4 aromatic rings. The zero-order chi connectivity index (χ0) is 21.8. The van der Waals surface area contributed by atoms with Crippen molar-refractivity contribution in [3.8, 4) is 5.75 Å². The third kappa shape index (κ3) is 5.18. The molecule has 0 spiro atoms. The zero-order valence-electron chi connectivity index (χ0n) is 17.0. The van der Waals surface area contributed by atoms with Crippen LogP contribution in [0.25, 0.3) is 10.2 Å². The monoisotopic (exact) mass is 493 g/mol. The molecule has 7 heteroatoms. The van der Waals surface area contributed by atoms with Crippen molar-refractivity contribution >= 4 is 54.7 Å². The first-order valence-electron chi connectivity index (χ1n) is 9.76. The van der Waals surface area contributed by atoms with Gasteiger partial charge in [0.1, 0.15) is 5.75 Å². The number of rotatable bonds is 6. The van der Waals surface area contributed by atoms with Crippen LogP contribution < -0.4 is 9.75 Å². The van der Waals surface area contributed by atoms with Gasteiger partial charge in [-0.3, -0.25) is 4.79 Å². The lowest BCUT2D eigenvalue weighted by molar-refractivity contribution is 0.0988. The summed E-state index contributed by atoms with van der Waals surface area (Å²) in [6, 6.07) is 22.6. The van der Waals surface area contributed by atoms with Gasteiger partial charge in [0.15, 0.2) is 0 Å². The predicted octanol–water partition coefficient (Wildman–Crippen LogP) is 6.53. The van der Waals surface area contributed by atoms with Crippen LogP contribution >= 0.6 is 27.3 Å². The molecule has 0 aliphatic rings. The molecule has 156 valence electrons. The number of thiazole rings is 1. The van der Waals surface area contributed by atoms with Crippen LogP contribution in [0.15, 0.2) is 82.4 Å². The number of fused-ring (bicyclic) bond motifs is 1. The van der Waals surface area contributed by atoms with Crippen LogP contribution in [0.3, 0.4) is 0 Å². The Morgan fingerprint density at radius 1 is 1.10 bits per heavy atom. The van der Waals surface area contributed by atoms with Gasteiger partial charge in [-0.1, -0.05) is 57.6 Å². The number of hydrazone groups is 1. The first kappa shape index (κ1) is 21.2. The molecule has 3 aromatic carbocycles. The minimum Gasteiger partial charge on any atom is -0.491 e. The highest BCUT2D eigenvalue weighted by Crippen LogP contribution is 2.32. The van der Waals surface area contributed by atoms with Crippen LogP contribution in [0.5, 0.6) is 5.75 Å². The number of hydrogen-bond donors (Lipinski definition) is 0. The van der Waals surface area contributed by atoms with Crippen LogP contribution in [0, 0.1) is 0 Å². The number of ether oxygens (including phenoxy) is 1. The number of aromatic nitrogens is 1. The lowest BCUT2D eigenvalue weighted by atomic mass is 10.2. The molecule has 0 radical (unpaired) electrons. The third-order valence-electron chi connectivity index (χ3n) is 4.31. The van der Waals surface area contributed by atoms with Gasteiger partial charge in [-0.15, -0.1) is 0 Å². The van der Waals surface area contributed by atoms with Gasteiger partial charge in [-0.2, -0.15) is 10.1 Å². The van der Waals surface area contributed by atoms with Gasteiger partial charge >= 0.3 is 0 Å². The molecular weight excluding hydrogens is 474 g/mol. The smallest absolute Gasteiger partial charge is 0.280 e. The summed E-state index contributed by atoms with van der Waals surface area (Å²) in [5.41, 5.74) is 2.21. The van der Waals surface area contributed by atoms with Crippen LogP contribution in [-0.2, 0) is 0 Å². The highest BCUT2D eigenvalue weighted by Gasteiger charge is 2.21. The van der Waals surface area contributed by atoms with Crippen LogP contribution in [0.2, 0.25) is 0 Å². The van der Waals surface area contributed by atoms with E-state index in [0.29, 0.717) is 10.7 Å². The molecule has 0 N–H and O–H groups in total. The highest BCUT2D eigenvalue weighted by atomic mass is 79.9. The first-order chi connectivity index (χ1) is 15.0. The topological polar surface area (TPSA) is 54.8 Å². The Bertz CT molecular complexity index is 1220. The number of hydrogen-bond acceptors (Lipinski definition) is 5. The number of carbonyl (C=O) groups is 1. The summed E-state index contributed by atoms with van der Waals surface area (Å²) in [6.45, 7) is 3.93. The minimum atomic E-state index is -0.263. The Balaban J connectivity index is 1.70. The lowest BCUT2D eigenvalue weighted by Gasteiger charge is -2.15. The minimum absolute atomic E-state index is 0.0654. The second-order valence-corrected chi connectivity index (χ2v) is 9.00. The van der Waals surface area contributed by atoms with Crippen molar-refractivity contribution in [2.75, 3.05) is 5.01 Å². The molecule has 0 bridgehead atoms. The zero-order valence-corrected chi connectivity index (χ0v) is 19.4. The molecule has 4 rings (SSSR count). The predicted molar refractivity (Wildman–Crippen MR) is 130 cm³/mol. The summed E-state index contributed by atoms with van der Waals surface area (Å²) in [5, 5.41) is 6.35.